The normalized spacial score (nSPS) is 12.8. The highest BCUT2D eigenvalue weighted by molar-refractivity contribution is 7.09. The van der Waals surface area contributed by atoms with Crippen LogP contribution in [0.15, 0.2) is 23.7 Å². The number of aliphatic hydroxyl groups is 1. The Morgan fingerprint density at radius 2 is 2.40 bits per heavy atom. The van der Waals surface area contributed by atoms with Crippen molar-refractivity contribution in [3.8, 4) is 0 Å². The first-order chi connectivity index (χ1) is 9.72. The fraction of sp³-hybridized carbons (Fsp3) is 0.500. The minimum Gasteiger partial charge on any atom is -0.387 e. The van der Waals surface area contributed by atoms with Gasteiger partial charge in [0, 0.05) is 12.0 Å². The lowest BCUT2D eigenvalue weighted by Gasteiger charge is -2.13. The number of rotatable bonds is 8. The first-order valence-corrected chi connectivity index (χ1v) is 7.88. The number of aliphatic hydroxyl groups excluding tert-OH is 1. The van der Waals surface area contributed by atoms with Crippen LogP contribution in [0.25, 0.3) is 0 Å². The number of thiophene rings is 1. The summed E-state index contributed by atoms with van der Waals surface area (Å²) in [7, 11) is 1.64. The van der Waals surface area contributed by atoms with Gasteiger partial charge in [-0.2, -0.15) is 5.10 Å². The molecule has 0 saturated heterocycles. The summed E-state index contributed by atoms with van der Waals surface area (Å²) in [6.07, 6.45) is 3.58. The molecule has 0 aliphatic carbocycles. The van der Waals surface area contributed by atoms with Gasteiger partial charge in [-0.25, -0.2) is 0 Å². The molecule has 0 saturated carbocycles. The summed E-state index contributed by atoms with van der Waals surface area (Å²) in [5.41, 5.74) is 0.690. The molecule has 4 nitrogen and oxygen atoms in total. The summed E-state index contributed by atoms with van der Waals surface area (Å²) in [5, 5.41) is 17.1. The number of hydrogen-bond acceptors (Lipinski definition) is 4. The van der Waals surface area contributed by atoms with Crippen molar-refractivity contribution >= 4 is 22.9 Å². The van der Waals surface area contributed by atoms with E-state index in [2.05, 4.69) is 16.5 Å². The monoisotopic (exact) mass is 314 g/mol. The molecular weight excluding hydrogens is 296 g/mol. The van der Waals surface area contributed by atoms with Crippen LogP contribution >= 0.6 is 22.9 Å². The fourth-order valence-electron chi connectivity index (χ4n) is 2.12. The number of aromatic nitrogens is 2. The molecule has 0 aromatic carbocycles. The van der Waals surface area contributed by atoms with Gasteiger partial charge >= 0.3 is 0 Å². The lowest BCUT2D eigenvalue weighted by molar-refractivity contribution is 0.144. The van der Waals surface area contributed by atoms with Gasteiger partial charge in [0.1, 0.15) is 0 Å². The minimum absolute atomic E-state index is 0.518. The van der Waals surface area contributed by atoms with Gasteiger partial charge < -0.3 is 9.84 Å². The van der Waals surface area contributed by atoms with E-state index in [9.17, 15) is 5.11 Å². The Bertz CT molecular complexity index is 513. The van der Waals surface area contributed by atoms with Crippen molar-refractivity contribution in [2.75, 3.05) is 13.7 Å². The highest BCUT2D eigenvalue weighted by atomic mass is 35.5. The Morgan fingerprint density at radius 3 is 3.10 bits per heavy atom. The van der Waals surface area contributed by atoms with E-state index in [-0.39, 0.29) is 0 Å². The molecule has 2 rings (SSSR count). The van der Waals surface area contributed by atoms with E-state index >= 15 is 0 Å². The number of aryl methyl sites for hydroxylation is 1. The molecular formula is C14H19ClN2O2S. The number of halogens is 1. The lowest BCUT2D eigenvalue weighted by atomic mass is 10.1. The summed E-state index contributed by atoms with van der Waals surface area (Å²) in [6, 6.07) is 4.17. The van der Waals surface area contributed by atoms with Crippen molar-refractivity contribution < 1.29 is 9.84 Å². The molecule has 2 aromatic heterocycles. The van der Waals surface area contributed by atoms with E-state index in [1.165, 1.54) is 4.88 Å². The Balaban J connectivity index is 1.90. The zero-order valence-electron chi connectivity index (χ0n) is 11.5. The van der Waals surface area contributed by atoms with Gasteiger partial charge in [0.25, 0.3) is 0 Å². The molecule has 20 heavy (non-hydrogen) atoms. The molecule has 0 spiro atoms. The molecule has 110 valence electrons. The smallest absolute Gasteiger partial charge is 0.0972 e. The van der Waals surface area contributed by atoms with E-state index in [0.717, 1.165) is 12.8 Å². The van der Waals surface area contributed by atoms with Gasteiger partial charge in [0.15, 0.2) is 0 Å². The van der Waals surface area contributed by atoms with Crippen LogP contribution in [0, 0.1) is 0 Å². The Morgan fingerprint density at radius 1 is 1.55 bits per heavy atom. The summed E-state index contributed by atoms with van der Waals surface area (Å²) >= 11 is 7.86. The molecule has 0 aliphatic rings. The average Bonchev–Trinajstić information content (AvgIpc) is 3.06. The standard InChI is InChI=1S/C14H19ClN2O2S/c1-19-8-7-17-14(12(15)10-16-17)13(18)6-2-4-11-5-3-9-20-11/h3,5,9-10,13,18H,2,4,6-8H2,1H3. The third-order valence-electron chi connectivity index (χ3n) is 3.14. The summed E-state index contributed by atoms with van der Waals surface area (Å²) in [6.45, 7) is 1.15. The lowest BCUT2D eigenvalue weighted by Crippen LogP contribution is -2.13. The Hall–Kier alpha value is -0.880. The molecule has 0 aliphatic heterocycles. The van der Waals surface area contributed by atoms with Gasteiger partial charge in [-0.1, -0.05) is 17.7 Å². The molecule has 1 N–H and O–H groups in total. The summed E-state index contributed by atoms with van der Waals surface area (Å²) in [5.74, 6) is 0. The van der Waals surface area contributed by atoms with Gasteiger partial charge in [0.2, 0.25) is 0 Å². The number of hydrogen-bond donors (Lipinski definition) is 1. The van der Waals surface area contributed by atoms with E-state index in [1.54, 1.807) is 29.3 Å². The first-order valence-electron chi connectivity index (χ1n) is 6.63. The predicted molar refractivity (Wildman–Crippen MR) is 81.3 cm³/mol. The third kappa shape index (κ3) is 4.06. The van der Waals surface area contributed by atoms with Crippen molar-refractivity contribution in [2.45, 2.75) is 31.9 Å². The van der Waals surface area contributed by atoms with Crippen molar-refractivity contribution in [2.24, 2.45) is 0 Å². The van der Waals surface area contributed by atoms with Crippen LogP contribution in [0.3, 0.4) is 0 Å². The molecule has 6 heteroatoms. The summed E-state index contributed by atoms with van der Waals surface area (Å²) in [4.78, 5) is 1.34. The van der Waals surface area contributed by atoms with Crippen LogP contribution in [0.2, 0.25) is 5.02 Å². The van der Waals surface area contributed by atoms with Crippen molar-refractivity contribution in [3.63, 3.8) is 0 Å². The second kappa shape index (κ2) is 7.78. The largest absolute Gasteiger partial charge is 0.387 e. The second-order valence-corrected chi connectivity index (χ2v) is 6.02. The zero-order chi connectivity index (χ0) is 14.4. The topological polar surface area (TPSA) is 47.3 Å². The van der Waals surface area contributed by atoms with Crippen LogP contribution in [0.5, 0.6) is 0 Å². The maximum Gasteiger partial charge on any atom is 0.0972 e. The van der Waals surface area contributed by atoms with Gasteiger partial charge in [-0.05, 0) is 30.7 Å². The SMILES string of the molecule is COCCn1ncc(Cl)c1C(O)CCCc1cccs1. The second-order valence-electron chi connectivity index (χ2n) is 4.58. The van der Waals surface area contributed by atoms with E-state index in [4.69, 9.17) is 16.3 Å². The quantitative estimate of drug-likeness (QED) is 0.813. The number of ether oxygens (including phenoxy) is 1. The molecule has 0 bridgehead atoms. The van der Waals surface area contributed by atoms with Crippen LogP contribution < -0.4 is 0 Å². The van der Waals surface area contributed by atoms with Crippen LogP contribution in [-0.4, -0.2) is 28.6 Å². The van der Waals surface area contributed by atoms with Crippen molar-refractivity contribution in [3.05, 3.63) is 39.3 Å². The molecule has 1 unspecified atom stereocenters. The van der Waals surface area contributed by atoms with Gasteiger partial charge in [-0.3, -0.25) is 4.68 Å². The third-order valence-corrected chi connectivity index (χ3v) is 4.36. The summed E-state index contributed by atoms with van der Waals surface area (Å²) < 4.78 is 6.76. The number of methoxy groups -OCH3 is 1. The van der Waals surface area contributed by atoms with Crippen molar-refractivity contribution in [1.82, 2.24) is 9.78 Å². The molecule has 0 radical (unpaired) electrons. The van der Waals surface area contributed by atoms with Crippen LogP contribution in [0.1, 0.15) is 29.5 Å². The molecule has 2 heterocycles. The molecule has 0 fully saturated rings. The fourth-order valence-corrected chi connectivity index (χ4v) is 3.14. The van der Waals surface area contributed by atoms with E-state index in [1.807, 2.05) is 6.07 Å². The van der Waals surface area contributed by atoms with Crippen LogP contribution in [0.4, 0.5) is 0 Å². The molecule has 0 amide bonds. The minimum atomic E-state index is -0.582. The Kier molecular flexibility index (Phi) is 6.04. The van der Waals surface area contributed by atoms with E-state index in [0.29, 0.717) is 30.3 Å². The average molecular weight is 315 g/mol. The van der Waals surface area contributed by atoms with Crippen LogP contribution in [-0.2, 0) is 17.7 Å². The zero-order valence-corrected chi connectivity index (χ0v) is 13.0. The van der Waals surface area contributed by atoms with Gasteiger partial charge in [0.05, 0.1) is 36.2 Å². The van der Waals surface area contributed by atoms with Crippen molar-refractivity contribution in [1.29, 1.82) is 0 Å². The number of nitrogens with zero attached hydrogens (tertiary/aromatic N) is 2. The predicted octanol–water partition coefficient (Wildman–Crippen LogP) is 3.30. The highest BCUT2D eigenvalue weighted by Gasteiger charge is 2.17. The highest BCUT2D eigenvalue weighted by Crippen LogP contribution is 2.27. The van der Waals surface area contributed by atoms with E-state index < -0.39 is 6.10 Å². The maximum absolute atomic E-state index is 10.3. The molecule has 2 aromatic rings. The Labute approximate surface area is 128 Å². The van der Waals surface area contributed by atoms with Gasteiger partial charge in [-0.15, -0.1) is 11.3 Å². The maximum atomic E-state index is 10.3. The molecule has 1 atom stereocenters. The first kappa shape index (κ1) is 15.5.